The minimum atomic E-state index is -0.949. The molecule has 0 bridgehead atoms. The fraction of sp³-hybridized carbons (Fsp3) is 0.385. The Morgan fingerprint density at radius 3 is 2.95 bits per heavy atom. The number of halogens is 2. The Morgan fingerprint density at radius 2 is 2.26 bits per heavy atom. The zero-order valence-electron chi connectivity index (χ0n) is 10.6. The first-order valence-electron chi connectivity index (χ1n) is 6.12. The Bertz CT molecular complexity index is 538. The number of aliphatic hydroxyl groups is 1. The molecule has 0 saturated carbocycles. The monoisotopic (exact) mass is 327 g/mol. The van der Waals surface area contributed by atoms with Crippen LogP contribution in [0.3, 0.4) is 0 Å². The van der Waals surface area contributed by atoms with E-state index in [0.717, 1.165) is 13.0 Å². The Morgan fingerprint density at radius 1 is 1.47 bits per heavy atom. The highest BCUT2D eigenvalue weighted by Crippen LogP contribution is 2.28. The highest BCUT2D eigenvalue weighted by atomic mass is 79.9. The second-order valence-corrected chi connectivity index (χ2v) is 5.11. The lowest BCUT2D eigenvalue weighted by Gasteiger charge is -2.14. The number of aryl methyl sites for hydroxylation is 1. The topological polar surface area (TPSA) is 50.9 Å². The lowest BCUT2D eigenvalue weighted by molar-refractivity contribution is 0.168. The summed E-state index contributed by atoms with van der Waals surface area (Å²) in [7, 11) is 0. The summed E-state index contributed by atoms with van der Waals surface area (Å²) in [5.74, 6) is 0.230. The predicted octanol–water partition coefficient (Wildman–Crippen LogP) is 2.87. The summed E-state index contributed by atoms with van der Waals surface area (Å²) in [4.78, 5) is 4.11. The van der Waals surface area contributed by atoms with Crippen molar-refractivity contribution in [1.29, 1.82) is 0 Å². The van der Waals surface area contributed by atoms with Crippen LogP contribution in [0.5, 0.6) is 0 Å². The van der Waals surface area contributed by atoms with Crippen LogP contribution < -0.4 is 0 Å². The van der Waals surface area contributed by atoms with Crippen molar-refractivity contribution < 1.29 is 9.50 Å². The van der Waals surface area contributed by atoms with Crippen molar-refractivity contribution in [2.24, 2.45) is 0 Å². The molecule has 0 saturated heterocycles. The van der Waals surface area contributed by atoms with Crippen LogP contribution in [0.1, 0.15) is 30.8 Å². The normalized spacial score (nSPS) is 12.6. The molecule has 2 rings (SSSR count). The van der Waals surface area contributed by atoms with Crippen LogP contribution in [0, 0.1) is 5.82 Å². The third-order valence-electron chi connectivity index (χ3n) is 2.84. The Labute approximate surface area is 119 Å². The molecule has 0 aliphatic carbocycles. The zero-order chi connectivity index (χ0) is 13.8. The molecular weight excluding hydrogens is 313 g/mol. The van der Waals surface area contributed by atoms with Crippen LogP contribution in [0.15, 0.2) is 29.0 Å². The van der Waals surface area contributed by atoms with Gasteiger partial charge in [-0.1, -0.05) is 28.9 Å². The van der Waals surface area contributed by atoms with Crippen LogP contribution in [-0.2, 0) is 13.0 Å². The minimum Gasteiger partial charge on any atom is -0.388 e. The average molecular weight is 328 g/mol. The molecule has 0 fully saturated rings. The highest BCUT2D eigenvalue weighted by Gasteiger charge is 2.19. The van der Waals surface area contributed by atoms with Gasteiger partial charge in [0, 0.05) is 23.0 Å². The second-order valence-electron chi connectivity index (χ2n) is 4.25. The van der Waals surface area contributed by atoms with E-state index >= 15 is 0 Å². The Kier molecular flexibility index (Phi) is 4.66. The quantitative estimate of drug-likeness (QED) is 0.918. The summed E-state index contributed by atoms with van der Waals surface area (Å²) in [6, 6.07) is 4.63. The van der Waals surface area contributed by atoms with Gasteiger partial charge in [-0.2, -0.15) is 5.10 Å². The number of nitrogens with zero attached hydrogens (tertiary/aromatic N) is 3. The van der Waals surface area contributed by atoms with Crippen molar-refractivity contribution in [2.45, 2.75) is 32.4 Å². The first-order chi connectivity index (χ1) is 9.13. The van der Waals surface area contributed by atoms with E-state index in [-0.39, 0.29) is 12.0 Å². The first-order valence-corrected chi connectivity index (χ1v) is 6.91. The van der Waals surface area contributed by atoms with E-state index in [1.165, 1.54) is 12.4 Å². The van der Waals surface area contributed by atoms with E-state index in [2.05, 4.69) is 26.0 Å². The van der Waals surface area contributed by atoms with Gasteiger partial charge >= 0.3 is 0 Å². The summed E-state index contributed by atoms with van der Waals surface area (Å²) < 4.78 is 16.0. The summed E-state index contributed by atoms with van der Waals surface area (Å²) in [5.41, 5.74) is 0.258. The number of hydrogen-bond acceptors (Lipinski definition) is 3. The fourth-order valence-electron chi connectivity index (χ4n) is 1.95. The van der Waals surface area contributed by atoms with Crippen LogP contribution in [0.4, 0.5) is 4.39 Å². The molecule has 4 nitrogen and oxygen atoms in total. The zero-order valence-corrected chi connectivity index (χ0v) is 12.1. The largest absolute Gasteiger partial charge is 0.388 e. The molecule has 1 unspecified atom stereocenters. The van der Waals surface area contributed by atoms with E-state index < -0.39 is 11.9 Å². The predicted molar refractivity (Wildman–Crippen MR) is 73.1 cm³/mol. The molecule has 0 radical (unpaired) electrons. The maximum Gasteiger partial charge on any atom is 0.138 e. The van der Waals surface area contributed by atoms with Crippen LogP contribution >= 0.6 is 15.9 Å². The Hall–Kier alpha value is -1.27. The van der Waals surface area contributed by atoms with Gasteiger partial charge in [-0.15, -0.1) is 0 Å². The maximum absolute atomic E-state index is 13.7. The Balaban J connectivity index is 2.21. The fourth-order valence-corrected chi connectivity index (χ4v) is 2.56. The third kappa shape index (κ3) is 3.19. The van der Waals surface area contributed by atoms with Gasteiger partial charge in [0.25, 0.3) is 0 Å². The molecule has 0 spiro atoms. The second kappa shape index (κ2) is 6.25. The van der Waals surface area contributed by atoms with E-state index in [0.29, 0.717) is 10.3 Å². The molecular formula is C13H15BrFN3O. The van der Waals surface area contributed by atoms with Gasteiger partial charge in [-0.25, -0.2) is 9.37 Å². The number of aromatic nitrogens is 3. The smallest absolute Gasteiger partial charge is 0.138 e. The van der Waals surface area contributed by atoms with Gasteiger partial charge < -0.3 is 5.11 Å². The van der Waals surface area contributed by atoms with Gasteiger partial charge in [0.15, 0.2) is 0 Å². The van der Waals surface area contributed by atoms with Crippen molar-refractivity contribution in [3.63, 3.8) is 0 Å². The van der Waals surface area contributed by atoms with Crippen LogP contribution in [0.2, 0.25) is 0 Å². The average Bonchev–Trinajstić information content (AvgIpc) is 2.77. The number of hydrogen-bond donors (Lipinski definition) is 1. The lowest BCUT2D eigenvalue weighted by Crippen LogP contribution is -2.12. The van der Waals surface area contributed by atoms with E-state index in [1.54, 1.807) is 16.8 Å². The summed E-state index contributed by atoms with van der Waals surface area (Å²) >= 11 is 3.26. The molecule has 1 aromatic heterocycles. The molecule has 19 heavy (non-hydrogen) atoms. The molecule has 0 aliphatic heterocycles. The van der Waals surface area contributed by atoms with Crippen molar-refractivity contribution in [3.8, 4) is 0 Å². The first kappa shape index (κ1) is 14.1. The molecule has 6 heteroatoms. The van der Waals surface area contributed by atoms with Crippen molar-refractivity contribution >= 4 is 15.9 Å². The molecule has 2 aromatic rings. The SMILES string of the molecule is CCCn1ncnc1CC(O)c1c(F)cccc1Br. The van der Waals surface area contributed by atoms with Crippen LogP contribution in [0.25, 0.3) is 0 Å². The number of aliphatic hydroxyl groups excluding tert-OH is 1. The van der Waals surface area contributed by atoms with Crippen molar-refractivity contribution in [3.05, 3.63) is 46.2 Å². The highest BCUT2D eigenvalue weighted by molar-refractivity contribution is 9.10. The van der Waals surface area contributed by atoms with Crippen LogP contribution in [-0.4, -0.2) is 19.9 Å². The van der Waals surface area contributed by atoms with Gasteiger partial charge in [0.2, 0.25) is 0 Å². The summed E-state index contributed by atoms with van der Waals surface area (Å²) in [5, 5.41) is 14.3. The number of benzene rings is 1. The molecule has 1 aromatic carbocycles. The van der Waals surface area contributed by atoms with E-state index in [9.17, 15) is 9.50 Å². The van der Waals surface area contributed by atoms with Gasteiger partial charge in [-0.05, 0) is 18.6 Å². The molecule has 1 N–H and O–H groups in total. The van der Waals surface area contributed by atoms with Gasteiger partial charge in [-0.3, -0.25) is 4.68 Å². The van der Waals surface area contributed by atoms with Crippen molar-refractivity contribution in [2.75, 3.05) is 0 Å². The molecule has 1 heterocycles. The molecule has 0 amide bonds. The van der Waals surface area contributed by atoms with Gasteiger partial charge in [0.1, 0.15) is 18.0 Å². The minimum absolute atomic E-state index is 0.236. The van der Waals surface area contributed by atoms with E-state index in [1.807, 2.05) is 6.92 Å². The van der Waals surface area contributed by atoms with Gasteiger partial charge in [0.05, 0.1) is 6.10 Å². The summed E-state index contributed by atoms with van der Waals surface area (Å²) in [6.07, 6.45) is 1.67. The molecule has 0 aliphatic rings. The summed E-state index contributed by atoms with van der Waals surface area (Å²) in [6.45, 7) is 2.77. The number of rotatable bonds is 5. The van der Waals surface area contributed by atoms with E-state index in [4.69, 9.17) is 0 Å². The van der Waals surface area contributed by atoms with Crippen molar-refractivity contribution in [1.82, 2.24) is 14.8 Å². The third-order valence-corrected chi connectivity index (χ3v) is 3.53. The lowest BCUT2D eigenvalue weighted by atomic mass is 10.1. The molecule has 1 atom stereocenters. The maximum atomic E-state index is 13.7. The standard InChI is InChI=1S/C13H15BrFN3O/c1-2-6-18-12(16-8-17-18)7-11(19)13-9(14)4-3-5-10(13)15/h3-5,8,11,19H,2,6-7H2,1H3. The molecule has 102 valence electrons.